The van der Waals surface area contributed by atoms with Crippen LogP contribution in [0.4, 0.5) is 4.39 Å². The third kappa shape index (κ3) is 2.02. The molecule has 4 nitrogen and oxygen atoms in total. The first kappa shape index (κ1) is 11.3. The van der Waals surface area contributed by atoms with Crippen LogP contribution in [0.1, 0.15) is 5.89 Å². The molecule has 0 fully saturated rings. The van der Waals surface area contributed by atoms with Gasteiger partial charge in [-0.25, -0.2) is 4.39 Å². The summed E-state index contributed by atoms with van der Waals surface area (Å²) in [4.78, 5) is 3.97. The van der Waals surface area contributed by atoms with Gasteiger partial charge in [0.15, 0.2) is 5.82 Å². The summed E-state index contributed by atoms with van der Waals surface area (Å²) in [5, 5.41) is 3.47. The van der Waals surface area contributed by atoms with E-state index in [2.05, 4.69) is 10.1 Å². The van der Waals surface area contributed by atoms with Crippen molar-refractivity contribution in [2.75, 3.05) is 0 Å². The number of aromatic nitrogens is 2. The van der Waals surface area contributed by atoms with Crippen LogP contribution in [-0.2, 0) is 6.54 Å². The minimum Gasteiger partial charge on any atom is -0.338 e. The quantitative estimate of drug-likeness (QED) is 0.845. The average Bonchev–Trinajstić information content (AvgIpc) is 2.73. The van der Waals surface area contributed by atoms with Crippen molar-refractivity contribution in [1.82, 2.24) is 10.1 Å². The summed E-state index contributed by atoms with van der Waals surface area (Å²) in [6, 6.07) is 2.74. The van der Waals surface area contributed by atoms with Gasteiger partial charge < -0.3 is 10.3 Å². The first-order chi connectivity index (χ1) is 7.61. The van der Waals surface area contributed by atoms with Crippen LogP contribution in [0, 0.1) is 5.82 Å². The molecule has 0 aliphatic rings. The fourth-order valence-electron chi connectivity index (χ4n) is 1.14. The van der Waals surface area contributed by atoms with E-state index in [0.717, 1.165) is 0 Å². The lowest BCUT2D eigenvalue weighted by molar-refractivity contribution is 0.380. The lowest BCUT2D eigenvalue weighted by Crippen LogP contribution is -1.95. The third-order valence-electron chi connectivity index (χ3n) is 1.88. The second-order valence-electron chi connectivity index (χ2n) is 2.97. The van der Waals surface area contributed by atoms with Crippen LogP contribution in [0.3, 0.4) is 0 Å². The molecule has 0 spiro atoms. The molecule has 0 saturated heterocycles. The zero-order valence-corrected chi connectivity index (χ0v) is 9.39. The Hall–Kier alpha value is -1.17. The molecule has 0 aliphatic heterocycles. The summed E-state index contributed by atoms with van der Waals surface area (Å²) in [7, 11) is 0. The summed E-state index contributed by atoms with van der Waals surface area (Å²) in [5.41, 5.74) is 5.79. The van der Waals surface area contributed by atoms with Gasteiger partial charge in [-0.1, -0.05) is 28.4 Å². The van der Waals surface area contributed by atoms with Crippen molar-refractivity contribution >= 4 is 23.2 Å². The fourth-order valence-corrected chi connectivity index (χ4v) is 1.63. The minimum absolute atomic E-state index is 0.0957. The maximum atomic E-state index is 13.1. The average molecular weight is 262 g/mol. The van der Waals surface area contributed by atoms with Crippen molar-refractivity contribution < 1.29 is 8.91 Å². The summed E-state index contributed by atoms with van der Waals surface area (Å²) in [6.45, 7) is 0.135. The molecule has 2 aromatic rings. The minimum atomic E-state index is -0.672. The first-order valence-electron chi connectivity index (χ1n) is 4.29. The second-order valence-corrected chi connectivity index (χ2v) is 3.78. The van der Waals surface area contributed by atoms with Gasteiger partial charge in [-0.15, -0.1) is 0 Å². The van der Waals surface area contributed by atoms with Crippen LogP contribution in [0.25, 0.3) is 11.4 Å². The predicted octanol–water partition coefficient (Wildman–Crippen LogP) is 2.64. The number of nitrogens with two attached hydrogens (primary N) is 1. The Morgan fingerprint density at radius 2 is 1.94 bits per heavy atom. The maximum Gasteiger partial charge on any atom is 0.240 e. The van der Waals surface area contributed by atoms with Gasteiger partial charge in [0.05, 0.1) is 16.6 Å². The number of benzene rings is 1. The highest BCUT2D eigenvalue weighted by Gasteiger charge is 2.13. The summed E-state index contributed by atoms with van der Waals surface area (Å²) in [5.74, 6) is -0.120. The molecular weight excluding hydrogens is 256 g/mol. The molecule has 0 unspecified atom stereocenters. The Bertz CT molecular complexity index is 506. The largest absolute Gasteiger partial charge is 0.338 e. The zero-order valence-electron chi connectivity index (χ0n) is 7.88. The van der Waals surface area contributed by atoms with E-state index >= 15 is 0 Å². The van der Waals surface area contributed by atoms with Crippen molar-refractivity contribution in [1.29, 1.82) is 0 Å². The Labute approximate surface area is 100 Å². The molecular formula is C9H6Cl2FN3O. The number of hydrogen-bond acceptors (Lipinski definition) is 4. The van der Waals surface area contributed by atoms with Gasteiger partial charge in [0.25, 0.3) is 0 Å². The van der Waals surface area contributed by atoms with Crippen LogP contribution in [-0.4, -0.2) is 10.1 Å². The number of rotatable bonds is 2. The SMILES string of the molecule is NCc1nc(-c2cc(Cl)c(F)c(Cl)c2)no1. The molecule has 0 radical (unpaired) electrons. The summed E-state index contributed by atoms with van der Waals surface area (Å²) >= 11 is 11.3. The van der Waals surface area contributed by atoms with Crippen LogP contribution in [0.15, 0.2) is 16.7 Å². The van der Waals surface area contributed by atoms with E-state index in [-0.39, 0.29) is 28.3 Å². The smallest absolute Gasteiger partial charge is 0.240 e. The molecule has 0 bridgehead atoms. The lowest BCUT2D eigenvalue weighted by Gasteiger charge is -1.99. The van der Waals surface area contributed by atoms with Crippen molar-refractivity contribution in [2.24, 2.45) is 5.73 Å². The van der Waals surface area contributed by atoms with Crippen LogP contribution < -0.4 is 5.73 Å². The summed E-state index contributed by atoms with van der Waals surface area (Å²) in [6.07, 6.45) is 0. The standard InChI is InChI=1S/C9H6Cl2FN3O/c10-5-1-4(2-6(11)8(5)12)9-14-7(3-13)16-15-9/h1-2H,3,13H2. The molecule has 0 aliphatic carbocycles. The van der Waals surface area contributed by atoms with Crippen molar-refractivity contribution in [3.8, 4) is 11.4 Å². The van der Waals surface area contributed by atoms with E-state index in [9.17, 15) is 4.39 Å². The lowest BCUT2D eigenvalue weighted by atomic mass is 10.2. The molecule has 16 heavy (non-hydrogen) atoms. The topological polar surface area (TPSA) is 64.9 Å². The van der Waals surface area contributed by atoms with E-state index in [1.807, 2.05) is 0 Å². The molecule has 1 aromatic heterocycles. The van der Waals surface area contributed by atoms with E-state index in [0.29, 0.717) is 5.56 Å². The van der Waals surface area contributed by atoms with Crippen molar-refractivity contribution in [3.63, 3.8) is 0 Å². The Morgan fingerprint density at radius 1 is 1.31 bits per heavy atom. The van der Waals surface area contributed by atoms with Gasteiger partial charge >= 0.3 is 0 Å². The van der Waals surface area contributed by atoms with Crippen LogP contribution in [0.5, 0.6) is 0 Å². The molecule has 7 heteroatoms. The highest BCUT2D eigenvalue weighted by Crippen LogP contribution is 2.29. The Balaban J connectivity index is 2.48. The Morgan fingerprint density at radius 3 is 2.44 bits per heavy atom. The molecule has 84 valence electrons. The zero-order chi connectivity index (χ0) is 11.7. The monoisotopic (exact) mass is 261 g/mol. The molecule has 2 rings (SSSR count). The normalized spacial score (nSPS) is 10.8. The van der Waals surface area contributed by atoms with E-state index in [1.165, 1.54) is 12.1 Å². The third-order valence-corrected chi connectivity index (χ3v) is 2.43. The maximum absolute atomic E-state index is 13.1. The molecule has 1 aromatic carbocycles. The molecule has 0 saturated carbocycles. The summed E-state index contributed by atoms with van der Waals surface area (Å²) < 4.78 is 18.0. The number of nitrogens with zero attached hydrogens (tertiary/aromatic N) is 2. The van der Waals surface area contributed by atoms with E-state index < -0.39 is 5.82 Å². The van der Waals surface area contributed by atoms with E-state index in [4.69, 9.17) is 33.5 Å². The first-order valence-corrected chi connectivity index (χ1v) is 5.05. The van der Waals surface area contributed by atoms with Crippen LogP contribution >= 0.6 is 23.2 Å². The van der Waals surface area contributed by atoms with Gasteiger partial charge in [0, 0.05) is 5.56 Å². The predicted molar refractivity (Wildman–Crippen MR) is 57.6 cm³/mol. The van der Waals surface area contributed by atoms with Crippen LogP contribution in [0.2, 0.25) is 10.0 Å². The van der Waals surface area contributed by atoms with Gasteiger partial charge in [-0.3, -0.25) is 0 Å². The molecule has 0 amide bonds. The molecule has 2 N–H and O–H groups in total. The van der Waals surface area contributed by atoms with Gasteiger partial charge in [0.1, 0.15) is 0 Å². The highest BCUT2D eigenvalue weighted by molar-refractivity contribution is 6.35. The van der Waals surface area contributed by atoms with E-state index in [1.54, 1.807) is 0 Å². The number of halogens is 3. The Kier molecular flexibility index (Phi) is 3.09. The fraction of sp³-hybridized carbons (Fsp3) is 0.111. The van der Waals surface area contributed by atoms with Gasteiger partial charge in [-0.2, -0.15) is 4.98 Å². The number of hydrogen-bond donors (Lipinski definition) is 1. The van der Waals surface area contributed by atoms with Crippen molar-refractivity contribution in [2.45, 2.75) is 6.54 Å². The van der Waals surface area contributed by atoms with Crippen molar-refractivity contribution in [3.05, 3.63) is 33.9 Å². The molecule has 1 heterocycles. The molecule has 0 atom stereocenters. The highest BCUT2D eigenvalue weighted by atomic mass is 35.5. The van der Waals surface area contributed by atoms with Gasteiger partial charge in [-0.05, 0) is 12.1 Å². The second kappa shape index (κ2) is 4.37. The van der Waals surface area contributed by atoms with Gasteiger partial charge in [0.2, 0.25) is 11.7 Å².